The minimum atomic E-state index is -0.0649. The first-order valence-electron chi connectivity index (χ1n) is 8.25. The Morgan fingerprint density at radius 3 is 2.67 bits per heavy atom. The largest absolute Gasteiger partial charge is 0.367 e. The van der Waals surface area contributed by atoms with Crippen molar-refractivity contribution >= 4 is 29.3 Å². The summed E-state index contributed by atoms with van der Waals surface area (Å²) in [6.45, 7) is 1.71. The number of benzene rings is 2. The van der Waals surface area contributed by atoms with Crippen molar-refractivity contribution in [3.05, 3.63) is 71.3 Å². The zero-order chi connectivity index (χ0) is 16.8. The van der Waals surface area contributed by atoms with Gasteiger partial charge in [-0.05, 0) is 48.7 Å². The van der Waals surface area contributed by atoms with E-state index < -0.39 is 0 Å². The van der Waals surface area contributed by atoms with Gasteiger partial charge in [0, 0.05) is 35.9 Å². The predicted octanol–water partition coefficient (Wildman–Crippen LogP) is 4.14. The summed E-state index contributed by atoms with van der Waals surface area (Å²) in [7, 11) is 0. The summed E-state index contributed by atoms with van der Waals surface area (Å²) in [5.41, 5.74) is 2.19. The fourth-order valence-corrected chi connectivity index (χ4v) is 3.16. The number of amides is 1. The molecule has 1 saturated heterocycles. The molecule has 0 radical (unpaired) electrons. The Labute approximate surface area is 147 Å². The second-order valence-electron chi connectivity index (χ2n) is 5.96. The van der Waals surface area contributed by atoms with Crippen LogP contribution in [0.5, 0.6) is 0 Å². The van der Waals surface area contributed by atoms with Crippen molar-refractivity contribution in [3.8, 4) is 0 Å². The molecule has 4 heteroatoms. The molecule has 2 aromatic rings. The lowest BCUT2D eigenvalue weighted by Crippen LogP contribution is -2.39. The molecule has 0 spiro atoms. The molecule has 3 rings (SSSR count). The van der Waals surface area contributed by atoms with Crippen LogP contribution in [0, 0.1) is 0 Å². The molecule has 1 heterocycles. The molecule has 3 nitrogen and oxygen atoms in total. The summed E-state index contributed by atoms with van der Waals surface area (Å²) in [4.78, 5) is 14.4. The molecule has 1 unspecified atom stereocenters. The highest BCUT2D eigenvalue weighted by atomic mass is 35.5. The van der Waals surface area contributed by atoms with Crippen molar-refractivity contribution in [2.45, 2.75) is 18.9 Å². The van der Waals surface area contributed by atoms with Gasteiger partial charge in [-0.15, -0.1) is 0 Å². The topological polar surface area (TPSA) is 32.3 Å². The molecule has 0 saturated carbocycles. The van der Waals surface area contributed by atoms with Crippen LogP contribution in [0.4, 0.5) is 5.69 Å². The van der Waals surface area contributed by atoms with Gasteiger partial charge >= 0.3 is 0 Å². The van der Waals surface area contributed by atoms with Gasteiger partial charge in [0.2, 0.25) is 5.91 Å². The van der Waals surface area contributed by atoms with Crippen LogP contribution in [0.1, 0.15) is 18.4 Å². The molecular weight excluding hydrogens is 320 g/mol. The van der Waals surface area contributed by atoms with Gasteiger partial charge in [-0.3, -0.25) is 4.79 Å². The fraction of sp³-hybridized carbons (Fsp3) is 0.250. The van der Waals surface area contributed by atoms with Gasteiger partial charge in [0.1, 0.15) is 0 Å². The molecule has 1 N–H and O–H groups in total. The van der Waals surface area contributed by atoms with Gasteiger partial charge in [0.05, 0.1) is 0 Å². The normalized spacial score (nSPS) is 17.4. The number of nitrogens with zero attached hydrogens (tertiary/aromatic N) is 1. The molecule has 24 heavy (non-hydrogen) atoms. The number of para-hydroxylation sites is 1. The molecular formula is C20H21ClN2O. The van der Waals surface area contributed by atoms with Crippen molar-refractivity contribution in [1.29, 1.82) is 0 Å². The monoisotopic (exact) mass is 340 g/mol. The molecule has 0 aromatic heterocycles. The number of halogens is 1. The highest BCUT2D eigenvalue weighted by Gasteiger charge is 2.24. The Bertz CT molecular complexity index is 697. The maximum atomic E-state index is 12.0. The average Bonchev–Trinajstić information content (AvgIpc) is 3.09. The van der Waals surface area contributed by atoms with Gasteiger partial charge < -0.3 is 10.2 Å². The summed E-state index contributed by atoms with van der Waals surface area (Å²) in [5.74, 6) is -0.0649. The summed E-state index contributed by atoms with van der Waals surface area (Å²) >= 11 is 5.85. The second kappa shape index (κ2) is 8.02. The third kappa shape index (κ3) is 4.39. The van der Waals surface area contributed by atoms with Gasteiger partial charge in [-0.1, -0.05) is 41.9 Å². The van der Waals surface area contributed by atoms with Gasteiger partial charge in [-0.25, -0.2) is 0 Å². The van der Waals surface area contributed by atoms with Crippen LogP contribution in [0.2, 0.25) is 5.02 Å². The Morgan fingerprint density at radius 2 is 1.92 bits per heavy atom. The van der Waals surface area contributed by atoms with E-state index in [0.717, 1.165) is 24.9 Å². The highest BCUT2D eigenvalue weighted by Crippen LogP contribution is 2.24. The molecule has 1 aliphatic rings. The Balaban J connectivity index is 1.53. The van der Waals surface area contributed by atoms with Crippen molar-refractivity contribution in [1.82, 2.24) is 5.32 Å². The molecule has 0 aliphatic carbocycles. The van der Waals surface area contributed by atoms with E-state index in [-0.39, 0.29) is 5.91 Å². The van der Waals surface area contributed by atoms with Crippen LogP contribution in [0.15, 0.2) is 60.7 Å². The third-order valence-corrected chi connectivity index (χ3v) is 4.53. The Morgan fingerprint density at radius 1 is 1.17 bits per heavy atom. The predicted molar refractivity (Wildman–Crippen MR) is 100 cm³/mol. The molecule has 1 amide bonds. The lowest BCUT2D eigenvalue weighted by Gasteiger charge is -2.26. The van der Waals surface area contributed by atoms with Gasteiger partial charge in [0.15, 0.2) is 0 Å². The summed E-state index contributed by atoms with van der Waals surface area (Å²) in [6, 6.07) is 18.2. The SMILES string of the molecule is O=C(/C=C/c1ccc(Cl)cc1)NCC1CCCN1c1ccccc1. The van der Waals surface area contributed by atoms with Crippen LogP contribution in [0.3, 0.4) is 0 Å². The van der Waals surface area contributed by atoms with E-state index >= 15 is 0 Å². The van der Waals surface area contributed by atoms with E-state index in [1.54, 1.807) is 12.2 Å². The van der Waals surface area contributed by atoms with Crippen LogP contribution in [0.25, 0.3) is 6.08 Å². The number of rotatable bonds is 5. The van der Waals surface area contributed by atoms with E-state index in [1.807, 2.05) is 30.3 Å². The number of hydrogen-bond acceptors (Lipinski definition) is 2. The summed E-state index contributed by atoms with van der Waals surface area (Å²) in [5, 5.41) is 3.71. The zero-order valence-electron chi connectivity index (χ0n) is 13.5. The number of anilines is 1. The highest BCUT2D eigenvalue weighted by molar-refractivity contribution is 6.30. The number of carbonyl (C=O) groups excluding carboxylic acids is 1. The molecule has 1 aliphatic heterocycles. The standard InChI is InChI=1S/C20H21ClN2O/c21-17-11-8-16(9-12-17)10-13-20(24)22-15-19-7-4-14-23(19)18-5-2-1-3-6-18/h1-3,5-6,8-13,19H,4,7,14-15H2,(H,22,24)/b13-10+. The minimum absolute atomic E-state index is 0.0649. The van der Waals surface area contributed by atoms with Crippen LogP contribution >= 0.6 is 11.6 Å². The summed E-state index contributed by atoms with van der Waals surface area (Å²) < 4.78 is 0. The molecule has 1 fully saturated rings. The van der Waals surface area contributed by atoms with E-state index in [0.29, 0.717) is 17.6 Å². The lowest BCUT2D eigenvalue weighted by molar-refractivity contribution is -0.116. The summed E-state index contributed by atoms with van der Waals surface area (Å²) in [6.07, 6.45) is 5.65. The molecule has 1 atom stereocenters. The first-order chi connectivity index (χ1) is 11.7. The van der Waals surface area contributed by atoms with Crippen molar-refractivity contribution < 1.29 is 4.79 Å². The minimum Gasteiger partial charge on any atom is -0.367 e. The number of nitrogens with one attached hydrogen (secondary N) is 1. The quantitative estimate of drug-likeness (QED) is 0.830. The smallest absolute Gasteiger partial charge is 0.244 e. The fourth-order valence-electron chi connectivity index (χ4n) is 3.03. The first-order valence-corrected chi connectivity index (χ1v) is 8.63. The molecule has 0 bridgehead atoms. The maximum Gasteiger partial charge on any atom is 0.244 e. The maximum absolute atomic E-state index is 12.0. The van der Waals surface area contributed by atoms with Crippen molar-refractivity contribution in [2.24, 2.45) is 0 Å². The van der Waals surface area contributed by atoms with E-state index in [2.05, 4.69) is 34.5 Å². The zero-order valence-corrected chi connectivity index (χ0v) is 14.2. The van der Waals surface area contributed by atoms with Crippen LogP contribution in [-0.2, 0) is 4.79 Å². The van der Waals surface area contributed by atoms with Crippen molar-refractivity contribution in [2.75, 3.05) is 18.0 Å². The molecule has 2 aromatic carbocycles. The van der Waals surface area contributed by atoms with Crippen LogP contribution in [-0.4, -0.2) is 25.0 Å². The average molecular weight is 341 g/mol. The van der Waals surface area contributed by atoms with E-state index in [1.165, 1.54) is 5.69 Å². The third-order valence-electron chi connectivity index (χ3n) is 4.27. The van der Waals surface area contributed by atoms with Gasteiger partial charge in [-0.2, -0.15) is 0 Å². The Kier molecular flexibility index (Phi) is 5.55. The lowest BCUT2D eigenvalue weighted by atomic mass is 10.2. The number of carbonyl (C=O) groups is 1. The van der Waals surface area contributed by atoms with E-state index in [9.17, 15) is 4.79 Å². The second-order valence-corrected chi connectivity index (χ2v) is 6.39. The van der Waals surface area contributed by atoms with Crippen LogP contribution < -0.4 is 10.2 Å². The Hall–Kier alpha value is -2.26. The van der Waals surface area contributed by atoms with E-state index in [4.69, 9.17) is 11.6 Å². The van der Waals surface area contributed by atoms with Gasteiger partial charge in [0.25, 0.3) is 0 Å². The number of hydrogen-bond donors (Lipinski definition) is 1. The molecule has 124 valence electrons. The first kappa shape index (κ1) is 16.6. The van der Waals surface area contributed by atoms with Crippen molar-refractivity contribution in [3.63, 3.8) is 0 Å².